The van der Waals surface area contributed by atoms with Gasteiger partial charge in [-0.25, -0.2) is 9.37 Å². The smallest absolute Gasteiger partial charge is 0.260 e. The van der Waals surface area contributed by atoms with E-state index in [1.54, 1.807) is 41.3 Å². The first-order valence-corrected chi connectivity index (χ1v) is 9.94. The number of Topliss-reactive ketones (excluding diaryl/α,β-unsaturated/α-hetero) is 1. The lowest BCUT2D eigenvalue weighted by Crippen LogP contribution is -2.37. The van der Waals surface area contributed by atoms with E-state index in [2.05, 4.69) is 4.98 Å². The third kappa shape index (κ3) is 3.68. The monoisotopic (exact) mass is 398 g/mol. The van der Waals surface area contributed by atoms with Gasteiger partial charge in [-0.05, 0) is 44.0 Å². The second-order valence-electron chi connectivity index (χ2n) is 6.77. The molecule has 4 rings (SSSR count). The van der Waals surface area contributed by atoms with E-state index in [1.807, 2.05) is 0 Å². The standard InChI is InChI=1S/C21H19FN2O3S/c1-13(25)14-7-9-15(10-8-14)20(26)24(12-16-4-3-11-27-16)21-23-19-17(22)5-2-6-18(19)28-21/h2,5-10,16H,3-4,11-12H2,1H3. The Morgan fingerprint density at radius 3 is 2.61 bits per heavy atom. The number of hydrogen-bond donors (Lipinski definition) is 0. The topological polar surface area (TPSA) is 59.5 Å². The third-order valence-corrected chi connectivity index (χ3v) is 5.83. The number of carbonyl (C=O) groups is 2. The Labute approximate surface area is 165 Å². The van der Waals surface area contributed by atoms with Crippen molar-refractivity contribution >= 4 is 38.4 Å². The van der Waals surface area contributed by atoms with Crippen molar-refractivity contribution in [2.24, 2.45) is 0 Å². The van der Waals surface area contributed by atoms with Crippen molar-refractivity contribution in [3.63, 3.8) is 0 Å². The maximum absolute atomic E-state index is 14.1. The molecular weight excluding hydrogens is 379 g/mol. The number of benzene rings is 2. The van der Waals surface area contributed by atoms with Crippen LogP contribution in [0, 0.1) is 5.82 Å². The van der Waals surface area contributed by atoms with Gasteiger partial charge < -0.3 is 4.74 Å². The molecule has 28 heavy (non-hydrogen) atoms. The number of aromatic nitrogens is 1. The van der Waals surface area contributed by atoms with Crippen molar-refractivity contribution in [2.45, 2.75) is 25.9 Å². The molecule has 2 heterocycles. The maximum Gasteiger partial charge on any atom is 0.260 e. The molecule has 1 atom stereocenters. The van der Waals surface area contributed by atoms with Crippen LogP contribution in [0.4, 0.5) is 9.52 Å². The van der Waals surface area contributed by atoms with Gasteiger partial charge in [-0.3, -0.25) is 14.5 Å². The average Bonchev–Trinajstić information content (AvgIpc) is 3.36. The van der Waals surface area contributed by atoms with Gasteiger partial charge in [-0.1, -0.05) is 29.5 Å². The summed E-state index contributed by atoms with van der Waals surface area (Å²) >= 11 is 1.28. The number of anilines is 1. The molecule has 1 aliphatic heterocycles. The number of fused-ring (bicyclic) bond motifs is 1. The maximum atomic E-state index is 14.1. The van der Waals surface area contributed by atoms with Crippen LogP contribution < -0.4 is 4.90 Å². The van der Waals surface area contributed by atoms with Gasteiger partial charge in [0.25, 0.3) is 5.91 Å². The van der Waals surface area contributed by atoms with Gasteiger partial charge in [0, 0.05) is 17.7 Å². The van der Waals surface area contributed by atoms with E-state index in [1.165, 1.54) is 24.3 Å². The Balaban J connectivity index is 1.70. The molecule has 1 aliphatic rings. The summed E-state index contributed by atoms with van der Waals surface area (Å²) < 4.78 is 20.5. The zero-order valence-electron chi connectivity index (χ0n) is 15.4. The predicted octanol–water partition coefficient (Wildman–Crippen LogP) is 4.46. The van der Waals surface area contributed by atoms with E-state index < -0.39 is 5.82 Å². The molecule has 0 spiro atoms. The van der Waals surface area contributed by atoms with E-state index in [-0.39, 0.29) is 23.3 Å². The summed E-state index contributed by atoms with van der Waals surface area (Å²) in [5.74, 6) is -0.711. The molecule has 1 amide bonds. The Bertz CT molecular complexity index is 1030. The molecule has 1 fully saturated rings. The Morgan fingerprint density at radius 2 is 1.96 bits per heavy atom. The fourth-order valence-electron chi connectivity index (χ4n) is 3.26. The normalized spacial score (nSPS) is 16.4. The zero-order chi connectivity index (χ0) is 19.7. The van der Waals surface area contributed by atoms with Crippen molar-refractivity contribution in [3.05, 3.63) is 59.4 Å². The quantitative estimate of drug-likeness (QED) is 0.595. The molecule has 0 radical (unpaired) electrons. The number of halogens is 1. The summed E-state index contributed by atoms with van der Waals surface area (Å²) in [7, 11) is 0. The largest absolute Gasteiger partial charge is 0.376 e. The van der Waals surface area contributed by atoms with Crippen LogP contribution >= 0.6 is 11.3 Å². The predicted molar refractivity (Wildman–Crippen MR) is 107 cm³/mol. The van der Waals surface area contributed by atoms with Gasteiger partial charge in [0.2, 0.25) is 0 Å². The highest BCUT2D eigenvalue weighted by atomic mass is 32.1. The molecule has 3 aromatic rings. The molecule has 5 nitrogen and oxygen atoms in total. The van der Waals surface area contributed by atoms with Gasteiger partial charge in [-0.2, -0.15) is 0 Å². The number of rotatable bonds is 5. The Kier molecular flexibility index (Phi) is 5.19. The molecule has 144 valence electrons. The van der Waals surface area contributed by atoms with Crippen LogP contribution in [-0.2, 0) is 4.74 Å². The van der Waals surface area contributed by atoms with Crippen molar-refractivity contribution in [1.82, 2.24) is 4.98 Å². The third-order valence-electron chi connectivity index (χ3n) is 4.78. The van der Waals surface area contributed by atoms with Crippen LogP contribution in [0.15, 0.2) is 42.5 Å². The summed E-state index contributed by atoms with van der Waals surface area (Å²) in [6.07, 6.45) is 1.75. The molecule has 7 heteroatoms. The molecule has 2 aromatic carbocycles. The second-order valence-corrected chi connectivity index (χ2v) is 7.78. The summed E-state index contributed by atoms with van der Waals surface area (Å²) in [5, 5.41) is 0.441. The number of para-hydroxylation sites is 1. The van der Waals surface area contributed by atoms with Crippen LogP contribution in [0.5, 0.6) is 0 Å². The number of hydrogen-bond acceptors (Lipinski definition) is 5. The first-order chi connectivity index (χ1) is 13.5. The van der Waals surface area contributed by atoms with E-state index in [4.69, 9.17) is 4.74 Å². The molecular formula is C21H19FN2O3S. The van der Waals surface area contributed by atoms with Gasteiger partial charge >= 0.3 is 0 Å². The minimum Gasteiger partial charge on any atom is -0.376 e. The minimum absolute atomic E-state index is 0.0585. The van der Waals surface area contributed by atoms with Gasteiger partial charge in [0.1, 0.15) is 11.3 Å². The summed E-state index contributed by atoms with van der Waals surface area (Å²) in [5.41, 5.74) is 1.26. The summed E-state index contributed by atoms with van der Waals surface area (Å²) in [6.45, 7) is 2.51. The number of amides is 1. The van der Waals surface area contributed by atoms with Crippen LogP contribution in [0.1, 0.15) is 40.5 Å². The van der Waals surface area contributed by atoms with Crippen LogP contribution in [0.3, 0.4) is 0 Å². The molecule has 1 saturated heterocycles. The molecule has 1 unspecified atom stereocenters. The highest BCUT2D eigenvalue weighted by Gasteiger charge is 2.27. The summed E-state index contributed by atoms with van der Waals surface area (Å²) in [4.78, 5) is 30.7. The SMILES string of the molecule is CC(=O)c1ccc(C(=O)N(CC2CCCO2)c2nc3c(F)cccc3s2)cc1. The fourth-order valence-corrected chi connectivity index (χ4v) is 4.25. The van der Waals surface area contributed by atoms with E-state index in [9.17, 15) is 14.0 Å². The van der Waals surface area contributed by atoms with E-state index in [0.29, 0.717) is 34.1 Å². The van der Waals surface area contributed by atoms with Crippen LogP contribution in [0.25, 0.3) is 10.2 Å². The van der Waals surface area contributed by atoms with E-state index >= 15 is 0 Å². The van der Waals surface area contributed by atoms with Gasteiger partial charge in [0.05, 0.1) is 17.3 Å². The number of ketones is 1. The van der Waals surface area contributed by atoms with Crippen molar-refractivity contribution in [2.75, 3.05) is 18.1 Å². The molecule has 0 saturated carbocycles. The van der Waals surface area contributed by atoms with Crippen molar-refractivity contribution in [1.29, 1.82) is 0 Å². The van der Waals surface area contributed by atoms with Gasteiger partial charge in [-0.15, -0.1) is 0 Å². The molecule has 0 bridgehead atoms. The fraction of sp³-hybridized carbons (Fsp3) is 0.286. The lowest BCUT2D eigenvalue weighted by atomic mass is 10.1. The lowest BCUT2D eigenvalue weighted by Gasteiger charge is -2.23. The Morgan fingerprint density at radius 1 is 1.21 bits per heavy atom. The molecule has 0 aliphatic carbocycles. The minimum atomic E-state index is -0.407. The average molecular weight is 398 g/mol. The lowest BCUT2D eigenvalue weighted by molar-refractivity contribution is 0.0916. The van der Waals surface area contributed by atoms with Crippen molar-refractivity contribution in [3.8, 4) is 0 Å². The first-order valence-electron chi connectivity index (χ1n) is 9.12. The van der Waals surface area contributed by atoms with Crippen LogP contribution in [-0.4, -0.2) is 35.9 Å². The van der Waals surface area contributed by atoms with Gasteiger partial charge in [0.15, 0.2) is 10.9 Å². The second kappa shape index (κ2) is 7.77. The number of ether oxygens (including phenoxy) is 1. The zero-order valence-corrected chi connectivity index (χ0v) is 16.2. The highest BCUT2D eigenvalue weighted by Crippen LogP contribution is 2.32. The highest BCUT2D eigenvalue weighted by molar-refractivity contribution is 7.22. The van der Waals surface area contributed by atoms with Crippen LogP contribution in [0.2, 0.25) is 0 Å². The first kappa shape index (κ1) is 18.7. The Hall–Kier alpha value is -2.64. The summed E-state index contributed by atoms with van der Waals surface area (Å²) in [6, 6.07) is 11.3. The number of nitrogens with zero attached hydrogens (tertiary/aromatic N) is 2. The van der Waals surface area contributed by atoms with Crippen molar-refractivity contribution < 1.29 is 18.7 Å². The number of thiazole rings is 1. The van der Waals surface area contributed by atoms with E-state index in [0.717, 1.165) is 12.8 Å². The molecule has 0 N–H and O–H groups in total. The number of carbonyl (C=O) groups excluding carboxylic acids is 2. The molecule has 1 aromatic heterocycles.